The summed E-state index contributed by atoms with van der Waals surface area (Å²) in [6.07, 6.45) is 4.21. The molecule has 0 aromatic carbocycles. The van der Waals surface area contributed by atoms with E-state index in [4.69, 9.17) is 4.74 Å². The first kappa shape index (κ1) is 12.6. The summed E-state index contributed by atoms with van der Waals surface area (Å²) in [4.78, 5) is 3.94. The predicted octanol–water partition coefficient (Wildman–Crippen LogP) is 2.05. The first-order valence-corrected chi connectivity index (χ1v) is 7.80. The SMILES string of the molecule is CN1CCOC(CNC2CCCc3sccc32)C1. The molecule has 1 N–H and O–H groups in total. The Morgan fingerprint density at radius 3 is 3.39 bits per heavy atom. The second kappa shape index (κ2) is 5.70. The maximum atomic E-state index is 5.81. The number of thiophene rings is 1. The lowest BCUT2D eigenvalue weighted by molar-refractivity contribution is -0.0195. The number of hydrogen-bond acceptors (Lipinski definition) is 4. The maximum absolute atomic E-state index is 5.81. The van der Waals surface area contributed by atoms with Crippen LogP contribution in [-0.4, -0.2) is 44.3 Å². The molecular weight excluding hydrogens is 244 g/mol. The third-order valence-electron chi connectivity index (χ3n) is 3.99. The van der Waals surface area contributed by atoms with E-state index in [9.17, 15) is 0 Å². The molecule has 1 aliphatic heterocycles. The molecule has 2 atom stereocenters. The third kappa shape index (κ3) is 2.77. The fourth-order valence-electron chi connectivity index (χ4n) is 2.96. The largest absolute Gasteiger partial charge is 0.374 e. The van der Waals surface area contributed by atoms with E-state index < -0.39 is 0 Å². The van der Waals surface area contributed by atoms with Crippen LogP contribution >= 0.6 is 11.3 Å². The molecule has 1 saturated heterocycles. The molecule has 18 heavy (non-hydrogen) atoms. The van der Waals surface area contributed by atoms with Crippen LogP contribution in [0.15, 0.2) is 11.4 Å². The van der Waals surface area contributed by atoms with Crippen LogP contribution in [0.25, 0.3) is 0 Å². The number of rotatable bonds is 3. The highest BCUT2D eigenvalue weighted by Gasteiger charge is 2.23. The van der Waals surface area contributed by atoms with Crippen molar-refractivity contribution in [3.63, 3.8) is 0 Å². The highest BCUT2D eigenvalue weighted by molar-refractivity contribution is 7.10. The smallest absolute Gasteiger partial charge is 0.0826 e. The normalized spacial score (nSPS) is 29.2. The number of fused-ring (bicyclic) bond motifs is 1. The van der Waals surface area contributed by atoms with E-state index in [2.05, 4.69) is 28.7 Å². The second-order valence-corrected chi connectivity index (χ2v) is 6.41. The molecule has 2 aliphatic rings. The Hall–Kier alpha value is -0.420. The van der Waals surface area contributed by atoms with E-state index in [1.807, 2.05) is 11.3 Å². The van der Waals surface area contributed by atoms with Crippen LogP contribution in [0.3, 0.4) is 0 Å². The summed E-state index contributed by atoms with van der Waals surface area (Å²) in [5.74, 6) is 0. The van der Waals surface area contributed by atoms with Crippen molar-refractivity contribution in [2.45, 2.75) is 31.4 Å². The zero-order valence-electron chi connectivity index (χ0n) is 11.0. The van der Waals surface area contributed by atoms with Crippen LogP contribution in [0.4, 0.5) is 0 Å². The Labute approximate surface area is 113 Å². The fourth-order valence-corrected chi connectivity index (χ4v) is 3.95. The Balaban J connectivity index is 1.55. The molecule has 4 heteroatoms. The highest BCUT2D eigenvalue weighted by atomic mass is 32.1. The van der Waals surface area contributed by atoms with Gasteiger partial charge in [0.2, 0.25) is 0 Å². The lowest BCUT2D eigenvalue weighted by Crippen LogP contribution is -2.45. The molecule has 100 valence electrons. The summed E-state index contributed by atoms with van der Waals surface area (Å²) in [7, 11) is 2.17. The van der Waals surface area contributed by atoms with Gasteiger partial charge >= 0.3 is 0 Å². The van der Waals surface area contributed by atoms with E-state index in [-0.39, 0.29) is 0 Å². The molecule has 0 radical (unpaired) electrons. The van der Waals surface area contributed by atoms with Crippen LogP contribution in [0.5, 0.6) is 0 Å². The van der Waals surface area contributed by atoms with Gasteiger partial charge in [-0.25, -0.2) is 0 Å². The molecule has 3 rings (SSSR count). The van der Waals surface area contributed by atoms with Crippen LogP contribution in [0.2, 0.25) is 0 Å². The highest BCUT2D eigenvalue weighted by Crippen LogP contribution is 2.33. The number of aryl methyl sites for hydroxylation is 1. The summed E-state index contributed by atoms with van der Waals surface area (Å²) in [5.41, 5.74) is 1.54. The number of nitrogens with one attached hydrogen (secondary N) is 1. The van der Waals surface area contributed by atoms with Gasteiger partial charge in [-0.05, 0) is 43.3 Å². The molecule has 0 amide bonds. The van der Waals surface area contributed by atoms with Gasteiger partial charge in [0, 0.05) is 30.6 Å². The molecule has 0 bridgehead atoms. The van der Waals surface area contributed by atoms with Crippen molar-refractivity contribution in [3.05, 3.63) is 21.9 Å². The second-order valence-electron chi connectivity index (χ2n) is 5.41. The lowest BCUT2D eigenvalue weighted by atomic mass is 9.94. The van der Waals surface area contributed by atoms with Crippen LogP contribution in [0.1, 0.15) is 29.3 Å². The van der Waals surface area contributed by atoms with E-state index in [0.29, 0.717) is 12.1 Å². The van der Waals surface area contributed by atoms with Gasteiger partial charge in [-0.2, -0.15) is 0 Å². The van der Waals surface area contributed by atoms with Gasteiger partial charge in [-0.15, -0.1) is 11.3 Å². The minimum Gasteiger partial charge on any atom is -0.374 e. The van der Waals surface area contributed by atoms with E-state index >= 15 is 0 Å². The monoisotopic (exact) mass is 266 g/mol. The molecule has 0 saturated carbocycles. The van der Waals surface area contributed by atoms with Crippen molar-refractivity contribution in [1.29, 1.82) is 0 Å². The number of nitrogens with zero attached hydrogens (tertiary/aromatic N) is 1. The van der Waals surface area contributed by atoms with Gasteiger partial charge in [-0.1, -0.05) is 0 Å². The maximum Gasteiger partial charge on any atom is 0.0826 e. The average Bonchev–Trinajstić information content (AvgIpc) is 2.85. The molecule has 1 aromatic heterocycles. The fraction of sp³-hybridized carbons (Fsp3) is 0.714. The van der Waals surface area contributed by atoms with E-state index in [0.717, 1.165) is 26.2 Å². The Morgan fingerprint density at radius 1 is 1.56 bits per heavy atom. The standard InChI is InChI=1S/C14H22N2OS/c1-16-6-7-17-11(10-16)9-15-13-3-2-4-14-12(13)5-8-18-14/h5,8,11,13,15H,2-4,6-7,9-10H2,1H3. The van der Waals surface area contributed by atoms with Crippen molar-refractivity contribution in [2.24, 2.45) is 0 Å². The predicted molar refractivity (Wildman–Crippen MR) is 75.2 cm³/mol. The topological polar surface area (TPSA) is 24.5 Å². The number of morpholine rings is 1. The first-order valence-electron chi connectivity index (χ1n) is 6.93. The Morgan fingerprint density at radius 2 is 2.50 bits per heavy atom. The third-order valence-corrected chi connectivity index (χ3v) is 4.98. The summed E-state index contributed by atoms with van der Waals surface area (Å²) < 4.78 is 5.81. The average molecular weight is 266 g/mol. The minimum atomic E-state index is 0.354. The zero-order chi connectivity index (χ0) is 12.4. The van der Waals surface area contributed by atoms with E-state index in [1.165, 1.54) is 24.8 Å². The van der Waals surface area contributed by atoms with Crippen molar-refractivity contribution in [2.75, 3.05) is 33.3 Å². The van der Waals surface area contributed by atoms with Gasteiger partial charge < -0.3 is 15.0 Å². The number of likely N-dealkylation sites (N-methyl/N-ethyl adjacent to an activating group) is 1. The van der Waals surface area contributed by atoms with Gasteiger partial charge in [0.05, 0.1) is 12.7 Å². The van der Waals surface area contributed by atoms with E-state index in [1.54, 1.807) is 4.88 Å². The minimum absolute atomic E-state index is 0.354. The van der Waals surface area contributed by atoms with Gasteiger partial charge in [0.25, 0.3) is 0 Å². The van der Waals surface area contributed by atoms with Crippen molar-refractivity contribution in [1.82, 2.24) is 10.2 Å². The molecular formula is C14H22N2OS. The molecule has 3 nitrogen and oxygen atoms in total. The number of hydrogen-bond donors (Lipinski definition) is 1. The van der Waals surface area contributed by atoms with Crippen molar-refractivity contribution in [3.8, 4) is 0 Å². The molecule has 2 heterocycles. The quantitative estimate of drug-likeness (QED) is 0.906. The molecule has 2 unspecified atom stereocenters. The molecule has 1 aromatic rings. The summed E-state index contributed by atoms with van der Waals surface area (Å²) >= 11 is 1.91. The zero-order valence-corrected chi connectivity index (χ0v) is 11.8. The summed E-state index contributed by atoms with van der Waals surface area (Å²) in [6, 6.07) is 2.85. The molecule has 0 spiro atoms. The Bertz CT molecular complexity index is 393. The lowest BCUT2D eigenvalue weighted by Gasteiger charge is -2.32. The Kier molecular flexibility index (Phi) is 3.99. The van der Waals surface area contributed by atoms with Crippen LogP contribution in [-0.2, 0) is 11.2 Å². The van der Waals surface area contributed by atoms with Gasteiger partial charge in [0.15, 0.2) is 0 Å². The van der Waals surface area contributed by atoms with Gasteiger partial charge in [0.1, 0.15) is 0 Å². The molecule has 1 fully saturated rings. The first-order chi connectivity index (χ1) is 8.83. The number of ether oxygens (including phenoxy) is 1. The van der Waals surface area contributed by atoms with Crippen molar-refractivity contribution >= 4 is 11.3 Å². The van der Waals surface area contributed by atoms with Crippen LogP contribution < -0.4 is 5.32 Å². The van der Waals surface area contributed by atoms with Gasteiger partial charge in [-0.3, -0.25) is 0 Å². The van der Waals surface area contributed by atoms with Crippen LogP contribution in [0, 0.1) is 0 Å². The summed E-state index contributed by atoms with van der Waals surface area (Å²) in [6.45, 7) is 3.96. The van der Waals surface area contributed by atoms with Crippen molar-refractivity contribution < 1.29 is 4.74 Å². The molecule has 1 aliphatic carbocycles. The summed E-state index contributed by atoms with van der Waals surface area (Å²) in [5, 5.41) is 5.94.